The van der Waals surface area contributed by atoms with Crippen molar-refractivity contribution in [2.45, 2.75) is 11.4 Å². The second-order valence-corrected chi connectivity index (χ2v) is 10.1. The van der Waals surface area contributed by atoms with Crippen LogP contribution in [-0.2, 0) is 16.6 Å². The fraction of sp³-hybridized carbons (Fsp3) is 0.280. The van der Waals surface area contributed by atoms with E-state index in [0.29, 0.717) is 30.1 Å². The second kappa shape index (κ2) is 10.2. The predicted octanol–water partition coefficient (Wildman–Crippen LogP) is 2.87. The van der Waals surface area contributed by atoms with Crippen LogP contribution in [0.5, 0.6) is 5.75 Å². The summed E-state index contributed by atoms with van der Waals surface area (Å²) in [5, 5.41) is 0. The van der Waals surface area contributed by atoms with Crippen LogP contribution >= 0.6 is 0 Å². The summed E-state index contributed by atoms with van der Waals surface area (Å²) in [6.07, 6.45) is 3.57. The molecule has 34 heavy (non-hydrogen) atoms. The largest absolute Gasteiger partial charge is 0.495 e. The molecule has 4 rings (SSSR count). The molecule has 1 aromatic heterocycles. The third-order valence-electron chi connectivity index (χ3n) is 6.00. The van der Waals surface area contributed by atoms with E-state index in [1.807, 2.05) is 17.0 Å². The Kier molecular flexibility index (Phi) is 7.14. The van der Waals surface area contributed by atoms with Crippen molar-refractivity contribution in [3.63, 3.8) is 0 Å². The van der Waals surface area contributed by atoms with E-state index in [9.17, 15) is 13.2 Å². The van der Waals surface area contributed by atoms with Gasteiger partial charge in [0.2, 0.25) is 0 Å². The van der Waals surface area contributed by atoms with Crippen LogP contribution in [0.4, 0.5) is 5.69 Å². The lowest BCUT2D eigenvalue weighted by molar-refractivity contribution is 0.0628. The van der Waals surface area contributed by atoms with Gasteiger partial charge in [0.25, 0.3) is 15.9 Å². The Morgan fingerprint density at radius 3 is 2.26 bits per heavy atom. The normalized spacial score (nSPS) is 14.6. The molecule has 0 bridgehead atoms. The predicted molar refractivity (Wildman–Crippen MR) is 130 cm³/mol. The number of amides is 1. The standard InChI is InChI=1S/C25H28N4O4S/c1-27(23-5-3-4-6-24(23)33-2)34(31,32)22-9-7-21(8-10-22)25(30)29-17-15-28(16-18-29)19-20-11-13-26-14-12-20/h3-14H,15-19H2,1-2H3. The first-order valence-electron chi connectivity index (χ1n) is 11.0. The van der Waals surface area contributed by atoms with Gasteiger partial charge in [-0.15, -0.1) is 0 Å². The zero-order valence-corrected chi connectivity index (χ0v) is 20.1. The van der Waals surface area contributed by atoms with Crippen molar-refractivity contribution in [3.8, 4) is 5.75 Å². The van der Waals surface area contributed by atoms with Crippen LogP contribution in [0.2, 0.25) is 0 Å². The number of aromatic nitrogens is 1. The number of ether oxygens (including phenoxy) is 1. The highest BCUT2D eigenvalue weighted by molar-refractivity contribution is 7.92. The van der Waals surface area contributed by atoms with Crippen molar-refractivity contribution >= 4 is 21.6 Å². The van der Waals surface area contributed by atoms with Crippen LogP contribution in [0.3, 0.4) is 0 Å². The van der Waals surface area contributed by atoms with Crippen molar-refractivity contribution in [2.24, 2.45) is 0 Å². The van der Waals surface area contributed by atoms with Crippen LogP contribution in [0.15, 0.2) is 78.0 Å². The van der Waals surface area contributed by atoms with Crippen molar-refractivity contribution in [3.05, 3.63) is 84.2 Å². The highest BCUT2D eigenvalue weighted by Crippen LogP contribution is 2.31. The first-order chi connectivity index (χ1) is 16.4. The molecule has 0 unspecified atom stereocenters. The molecular weight excluding hydrogens is 452 g/mol. The lowest BCUT2D eigenvalue weighted by Gasteiger charge is -2.34. The molecule has 0 spiro atoms. The maximum atomic E-state index is 13.1. The van der Waals surface area contributed by atoms with Gasteiger partial charge in [-0.05, 0) is 54.1 Å². The molecule has 0 aliphatic carbocycles. The number of carbonyl (C=O) groups excluding carboxylic acids is 1. The number of sulfonamides is 1. The van der Waals surface area contributed by atoms with E-state index in [4.69, 9.17) is 4.74 Å². The molecule has 0 N–H and O–H groups in total. The fourth-order valence-electron chi connectivity index (χ4n) is 3.99. The molecule has 178 valence electrons. The molecule has 2 aromatic carbocycles. The number of methoxy groups -OCH3 is 1. The summed E-state index contributed by atoms with van der Waals surface area (Å²) in [7, 11) is -0.829. The van der Waals surface area contributed by atoms with E-state index in [0.717, 1.165) is 19.6 Å². The number of anilines is 1. The van der Waals surface area contributed by atoms with Crippen LogP contribution in [0.25, 0.3) is 0 Å². The molecule has 3 aromatic rings. The third-order valence-corrected chi connectivity index (χ3v) is 7.78. The third kappa shape index (κ3) is 5.05. The number of hydrogen-bond donors (Lipinski definition) is 0. The summed E-state index contributed by atoms with van der Waals surface area (Å²) >= 11 is 0. The summed E-state index contributed by atoms with van der Waals surface area (Å²) in [5.74, 6) is 0.369. The summed E-state index contributed by atoms with van der Waals surface area (Å²) in [4.78, 5) is 21.3. The first kappa shape index (κ1) is 23.7. The molecule has 2 heterocycles. The number of hydrogen-bond acceptors (Lipinski definition) is 6. The number of rotatable bonds is 7. The summed E-state index contributed by atoms with van der Waals surface area (Å²) < 4.78 is 32.7. The number of piperazine rings is 1. The number of benzene rings is 2. The minimum Gasteiger partial charge on any atom is -0.495 e. The highest BCUT2D eigenvalue weighted by Gasteiger charge is 2.26. The second-order valence-electron chi connectivity index (χ2n) is 8.09. The molecule has 1 saturated heterocycles. The molecule has 1 aliphatic heterocycles. The Labute approximate surface area is 200 Å². The van der Waals surface area contributed by atoms with Gasteiger partial charge in [-0.3, -0.25) is 19.0 Å². The van der Waals surface area contributed by atoms with E-state index >= 15 is 0 Å². The van der Waals surface area contributed by atoms with E-state index < -0.39 is 10.0 Å². The number of pyridine rings is 1. The van der Waals surface area contributed by atoms with Gasteiger partial charge >= 0.3 is 0 Å². The zero-order chi connectivity index (χ0) is 24.1. The quantitative estimate of drug-likeness (QED) is 0.517. The van der Waals surface area contributed by atoms with Crippen molar-refractivity contribution in [1.82, 2.24) is 14.8 Å². The lowest BCUT2D eigenvalue weighted by atomic mass is 10.1. The monoisotopic (exact) mass is 480 g/mol. The Hall–Kier alpha value is -3.43. The molecule has 0 atom stereocenters. The Balaban J connectivity index is 1.41. The van der Waals surface area contributed by atoms with Gasteiger partial charge in [-0.2, -0.15) is 0 Å². The molecule has 1 amide bonds. The van der Waals surface area contributed by atoms with Crippen molar-refractivity contribution in [1.29, 1.82) is 0 Å². The molecule has 1 fully saturated rings. The zero-order valence-electron chi connectivity index (χ0n) is 19.3. The summed E-state index contributed by atoms with van der Waals surface area (Å²) in [6, 6.07) is 17.0. The molecule has 0 saturated carbocycles. The van der Waals surface area contributed by atoms with Gasteiger partial charge in [-0.25, -0.2) is 8.42 Å². The van der Waals surface area contributed by atoms with Crippen molar-refractivity contribution < 1.29 is 17.9 Å². The number of para-hydroxylation sites is 2. The number of nitrogens with zero attached hydrogens (tertiary/aromatic N) is 4. The highest BCUT2D eigenvalue weighted by atomic mass is 32.2. The Bertz CT molecular complexity index is 1230. The molecular formula is C25H28N4O4S. The number of carbonyl (C=O) groups is 1. The van der Waals surface area contributed by atoms with Crippen molar-refractivity contribution in [2.75, 3.05) is 44.6 Å². The maximum Gasteiger partial charge on any atom is 0.264 e. The molecule has 8 nitrogen and oxygen atoms in total. The van der Waals surface area contributed by atoms with Crippen LogP contribution in [-0.4, -0.2) is 69.4 Å². The topological polar surface area (TPSA) is 83.0 Å². The van der Waals surface area contributed by atoms with Crippen LogP contribution < -0.4 is 9.04 Å². The van der Waals surface area contributed by atoms with E-state index in [1.54, 1.807) is 48.8 Å². The van der Waals surface area contributed by atoms with Gasteiger partial charge in [0.05, 0.1) is 17.7 Å². The van der Waals surface area contributed by atoms with E-state index in [1.165, 1.54) is 36.2 Å². The first-order valence-corrected chi connectivity index (χ1v) is 12.5. The van der Waals surface area contributed by atoms with Gasteiger partial charge in [0.15, 0.2) is 0 Å². The lowest BCUT2D eigenvalue weighted by Crippen LogP contribution is -2.48. The van der Waals surface area contributed by atoms with Gasteiger partial charge in [-0.1, -0.05) is 12.1 Å². The minimum atomic E-state index is -3.81. The average molecular weight is 481 g/mol. The molecule has 0 radical (unpaired) electrons. The van der Waals surface area contributed by atoms with Gasteiger partial charge in [0, 0.05) is 57.7 Å². The molecule has 9 heteroatoms. The van der Waals surface area contributed by atoms with E-state index in [-0.39, 0.29) is 10.8 Å². The summed E-state index contributed by atoms with van der Waals surface area (Å²) in [5.41, 5.74) is 2.11. The fourth-order valence-corrected chi connectivity index (χ4v) is 5.19. The SMILES string of the molecule is COc1ccccc1N(C)S(=O)(=O)c1ccc(C(=O)N2CCN(Cc3ccncc3)CC2)cc1. The Morgan fingerprint density at radius 1 is 0.971 bits per heavy atom. The van der Waals surface area contributed by atoms with Crippen LogP contribution in [0, 0.1) is 0 Å². The van der Waals surface area contributed by atoms with E-state index in [2.05, 4.69) is 9.88 Å². The van der Waals surface area contributed by atoms with Crippen LogP contribution in [0.1, 0.15) is 15.9 Å². The minimum absolute atomic E-state index is 0.0920. The Morgan fingerprint density at radius 2 is 1.62 bits per heavy atom. The molecule has 1 aliphatic rings. The van der Waals surface area contributed by atoms with Gasteiger partial charge < -0.3 is 9.64 Å². The summed E-state index contributed by atoms with van der Waals surface area (Å²) in [6.45, 7) is 3.65. The average Bonchev–Trinajstić information content (AvgIpc) is 2.89. The van der Waals surface area contributed by atoms with Gasteiger partial charge in [0.1, 0.15) is 5.75 Å². The maximum absolute atomic E-state index is 13.1. The smallest absolute Gasteiger partial charge is 0.264 e.